The molecule has 0 fully saturated rings. The molecule has 3 rings (SSSR count). The Hall–Kier alpha value is -2.40. The molecule has 2 aromatic carbocycles. The van der Waals surface area contributed by atoms with E-state index in [0.29, 0.717) is 23.8 Å². The molecule has 0 radical (unpaired) electrons. The Morgan fingerprint density at radius 3 is 2.58 bits per heavy atom. The molecule has 1 N–H and O–H groups in total. The molecular weight excluding hydrogens is 392 g/mol. The summed E-state index contributed by atoms with van der Waals surface area (Å²) in [6.07, 6.45) is 1.57. The summed E-state index contributed by atoms with van der Waals surface area (Å²) in [5, 5.41) is 4.25. The molecule has 0 spiro atoms. The molecule has 1 heterocycles. The lowest BCUT2D eigenvalue weighted by atomic mass is 10.0. The molecule has 0 saturated carbocycles. The number of rotatable bonds is 5. The number of benzene rings is 2. The van der Waals surface area contributed by atoms with Crippen molar-refractivity contribution in [1.82, 2.24) is 4.98 Å². The number of esters is 1. The normalized spacial score (nSPS) is 11.0. The maximum absolute atomic E-state index is 12.4. The van der Waals surface area contributed by atoms with Crippen molar-refractivity contribution in [3.63, 3.8) is 0 Å². The molecule has 0 aliphatic carbocycles. The molecular formula is C21H21BrN2O2. The second kappa shape index (κ2) is 7.87. The van der Waals surface area contributed by atoms with Crippen molar-refractivity contribution in [2.45, 2.75) is 26.7 Å². The van der Waals surface area contributed by atoms with Crippen LogP contribution in [-0.2, 0) is 4.74 Å². The monoisotopic (exact) mass is 412 g/mol. The van der Waals surface area contributed by atoms with E-state index in [-0.39, 0.29) is 5.97 Å². The molecule has 3 aromatic rings. The zero-order valence-electron chi connectivity index (χ0n) is 15.0. The van der Waals surface area contributed by atoms with Gasteiger partial charge in [-0.2, -0.15) is 0 Å². The summed E-state index contributed by atoms with van der Waals surface area (Å²) < 4.78 is 6.13. The summed E-state index contributed by atoms with van der Waals surface area (Å²) in [4.78, 5) is 16.8. The standard InChI is InChI=1S/C21H21BrN2O2/c1-4-26-21(25)18-12-23-19-10-7-15(22)11-17(19)20(18)24-16-8-5-14(6-9-16)13(2)3/h5-13H,4H2,1-3H3,(H,23,24). The lowest BCUT2D eigenvalue weighted by Gasteiger charge is -2.15. The van der Waals surface area contributed by atoms with E-state index in [2.05, 4.69) is 52.2 Å². The number of ether oxygens (including phenoxy) is 1. The van der Waals surface area contributed by atoms with Gasteiger partial charge in [-0.25, -0.2) is 4.79 Å². The van der Waals surface area contributed by atoms with E-state index in [1.54, 1.807) is 13.1 Å². The molecule has 0 saturated heterocycles. The third kappa shape index (κ3) is 3.88. The number of pyridine rings is 1. The fraction of sp³-hybridized carbons (Fsp3) is 0.238. The van der Waals surface area contributed by atoms with Crippen LogP contribution in [0.1, 0.15) is 42.6 Å². The van der Waals surface area contributed by atoms with Gasteiger partial charge in [0.2, 0.25) is 0 Å². The molecule has 4 nitrogen and oxygen atoms in total. The van der Waals surface area contributed by atoms with E-state index in [9.17, 15) is 4.79 Å². The van der Waals surface area contributed by atoms with Gasteiger partial charge in [0.1, 0.15) is 5.56 Å². The van der Waals surface area contributed by atoms with Crippen LogP contribution in [0, 0.1) is 0 Å². The number of aromatic nitrogens is 1. The molecule has 0 bridgehead atoms. The van der Waals surface area contributed by atoms with Crippen molar-refractivity contribution in [1.29, 1.82) is 0 Å². The maximum atomic E-state index is 12.4. The van der Waals surface area contributed by atoms with Crippen LogP contribution in [0.3, 0.4) is 0 Å². The number of anilines is 2. The number of halogens is 1. The van der Waals surface area contributed by atoms with E-state index < -0.39 is 0 Å². The van der Waals surface area contributed by atoms with Crippen molar-refractivity contribution in [3.05, 3.63) is 64.3 Å². The van der Waals surface area contributed by atoms with E-state index in [1.165, 1.54) is 5.56 Å². The summed E-state index contributed by atoms with van der Waals surface area (Å²) in [6, 6.07) is 14.0. The summed E-state index contributed by atoms with van der Waals surface area (Å²) in [5.41, 5.74) is 4.11. The fourth-order valence-corrected chi connectivity index (χ4v) is 3.12. The Kier molecular flexibility index (Phi) is 5.57. The highest BCUT2D eigenvalue weighted by Gasteiger charge is 2.17. The van der Waals surface area contributed by atoms with Crippen LogP contribution in [-0.4, -0.2) is 17.6 Å². The molecule has 134 valence electrons. The number of nitrogens with one attached hydrogen (secondary N) is 1. The van der Waals surface area contributed by atoms with E-state index >= 15 is 0 Å². The number of carbonyl (C=O) groups is 1. The molecule has 5 heteroatoms. The lowest BCUT2D eigenvalue weighted by Crippen LogP contribution is -2.09. The van der Waals surface area contributed by atoms with Crippen molar-refractivity contribution in [2.24, 2.45) is 0 Å². The zero-order chi connectivity index (χ0) is 18.7. The first-order valence-corrected chi connectivity index (χ1v) is 9.41. The van der Waals surface area contributed by atoms with Gasteiger partial charge in [0.05, 0.1) is 17.8 Å². The van der Waals surface area contributed by atoms with Crippen LogP contribution in [0.2, 0.25) is 0 Å². The first-order valence-electron chi connectivity index (χ1n) is 8.62. The highest BCUT2D eigenvalue weighted by molar-refractivity contribution is 9.10. The number of hydrogen-bond donors (Lipinski definition) is 1. The number of hydrogen-bond acceptors (Lipinski definition) is 4. The second-order valence-electron chi connectivity index (χ2n) is 6.33. The highest BCUT2D eigenvalue weighted by Crippen LogP contribution is 2.32. The molecule has 0 aliphatic rings. The Bertz CT molecular complexity index is 937. The molecule has 1 aromatic heterocycles. The smallest absolute Gasteiger partial charge is 0.341 e. The van der Waals surface area contributed by atoms with Crippen LogP contribution in [0.15, 0.2) is 53.1 Å². The minimum Gasteiger partial charge on any atom is -0.462 e. The SMILES string of the molecule is CCOC(=O)c1cnc2ccc(Br)cc2c1Nc1ccc(C(C)C)cc1. The van der Waals surface area contributed by atoms with Crippen LogP contribution in [0.4, 0.5) is 11.4 Å². The Morgan fingerprint density at radius 2 is 1.92 bits per heavy atom. The van der Waals surface area contributed by atoms with Crippen LogP contribution < -0.4 is 5.32 Å². The summed E-state index contributed by atoms with van der Waals surface area (Å²) in [6.45, 7) is 6.43. The van der Waals surface area contributed by atoms with Crippen LogP contribution in [0.25, 0.3) is 10.9 Å². The van der Waals surface area contributed by atoms with Gasteiger partial charge in [-0.15, -0.1) is 0 Å². The summed E-state index contributed by atoms with van der Waals surface area (Å²) in [5.74, 6) is 0.0834. The van der Waals surface area contributed by atoms with Crippen molar-refractivity contribution >= 4 is 44.2 Å². The molecule has 0 unspecified atom stereocenters. The van der Waals surface area contributed by atoms with Gasteiger partial charge in [-0.05, 0) is 48.7 Å². The van der Waals surface area contributed by atoms with Gasteiger partial charge in [0, 0.05) is 21.7 Å². The highest BCUT2D eigenvalue weighted by atomic mass is 79.9. The minimum atomic E-state index is -0.386. The number of fused-ring (bicyclic) bond motifs is 1. The predicted octanol–water partition coefficient (Wildman–Crippen LogP) is 6.04. The topological polar surface area (TPSA) is 51.2 Å². The molecule has 0 atom stereocenters. The number of carbonyl (C=O) groups excluding carboxylic acids is 1. The van der Waals surface area contributed by atoms with Crippen molar-refractivity contribution < 1.29 is 9.53 Å². The van der Waals surface area contributed by atoms with Crippen LogP contribution in [0.5, 0.6) is 0 Å². The average molecular weight is 413 g/mol. The zero-order valence-corrected chi connectivity index (χ0v) is 16.6. The third-order valence-electron chi connectivity index (χ3n) is 4.17. The first-order chi connectivity index (χ1) is 12.5. The summed E-state index contributed by atoms with van der Waals surface area (Å²) in [7, 11) is 0. The lowest BCUT2D eigenvalue weighted by molar-refractivity contribution is 0.0527. The maximum Gasteiger partial charge on any atom is 0.341 e. The van der Waals surface area contributed by atoms with Gasteiger partial charge in [-0.1, -0.05) is 41.9 Å². The Balaban J connectivity index is 2.09. The quantitative estimate of drug-likeness (QED) is 0.518. The molecule has 26 heavy (non-hydrogen) atoms. The Labute approximate surface area is 161 Å². The second-order valence-corrected chi connectivity index (χ2v) is 7.25. The average Bonchev–Trinajstić information content (AvgIpc) is 2.62. The minimum absolute atomic E-state index is 0.317. The third-order valence-corrected chi connectivity index (χ3v) is 4.67. The van der Waals surface area contributed by atoms with Gasteiger partial charge in [0.15, 0.2) is 0 Å². The summed E-state index contributed by atoms with van der Waals surface area (Å²) >= 11 is 3.50. The fourth-order valence-electron chi connectivity index (χ4n) is 2.76. The van der Waals surface area contributed by atoms with Gasteiger partial charge >= 0.3 is 5.97 Å². The molecule has 0 amide bonds. The van der Waals surface area contributed by atoms with Gasteiger partial charge < -0.3 is 10.1 Å². The van der Waals surface area contributed by atoms with E-state index in [0.717, 1.165) is 21.1 Å². The largest absolute Gasteiger partial charge is 0.462 e. The number of nitrogens with zero attached hydrogens (tertiary/aromatic N) is 1. The molecule has 0 aliphatic heterocycles. The Morgan fingerprint density at radius 1 is 1.19 bits per heavy atom. The predicted molar refractivity (Wildman–Crippen MR) is 109 cm³/mol. The van der Waals surface area contributed by atoms with E-state index in [4.69, 9.17) is 4.74 Å². The first kappa shape index (κ1) is 18.4. The van der Waals surface area contributed by atoms with Gasteiger partial charge in [-0.3, -0.25) is 4.98 Å². The van der Waals surface area contributed by atoms with Crippen molar-refractivity contribution in [2.75, 3.05) is 11.9 Å². The van der Waals surface area contributed by atoms with Crippen LogP contribution >= 0.6 is 15.9 Å². The van der Waals surface area contributed by atoms with E-state index in [1.807, 2.05) is 30.3 Å². The van der Waals surface area contributed by atoms with Gasteiger partial charge in [0.25, 0.3) is 0 Å². The van der Waals surface area contributed by atoms with Crippen molar-refractivity contribution in [3.8, 4) is 0 Å².